The number of rotatable bonds is 2. The van der Waals surface area contributed by atoms with Crippen LogP contribution in [0, 0.1) is 6.92 Å². The van der Waals surface area contributed by atoms with Gasteiger partial charge >= 0.3 is 0 Å². The Kier molecular flexibility index (Phi) is 3.63. The molecule has 18 heavy (non-hydrogen) atoms. The van der Waals surface area contributed by atoms with E-state index in [4.69, 9.17) is 5.73 Å². The number of nitrogens with zero attached hydrogens (tertiary/aromatic N) is 3. The Morgan fingerprint density at radius 1 is 1.17 bits per heavy atom. The van der Waals surface area contributed by atoms with Crippen molar-refractivity contribution in [2.24, 2.45) is 7.05 Å². The van der Waals surface area contributed by atoms with Crippen LogP contribution in [0.1, 0.15) is 31.4 Å². The standard InChI is InChI=1S/C11H20N4O2S/c1-9-10(11(12)13-14(9)2)18(16,17)15-7-5-3-4-6-8-15/h3-8H2,1-2H3,(H2,12,13). The summed E-state index contributed by atoms with van der Waals surface area (Å²) >= 11 is 0. The van der Waals surface area contributed by atoms with Gasteiger partial charge in [-0.05, 0) is 19.8 Å². The molecule has 1 aromatic heterocycles. The predicted molar refractivity (Wildman–Crippen MR) is 69.6 cm³/mol. The molecule has 2 rings (SSSR count). The van der Waals surface area contributed by atoms with Crippen molar-refractivity contribution < 1.29 is 8.42 Å². The average Bonchev–Trinajstić information content (AvgIpc) is 2.51. The molecular formula is C11H20N4O2S. The second kappa shape index (κ2) is 4.89. The van der Waals surface area contributed by atoms with Gasteiger partial charge in [-0.2, -0.15) is 9.40 Å². The van der Waals surface area contributed by atoms with E-state index in [2.05, 4.69) is 5.10 Å². The van der Waals surface area contributed by atoms with Gasteiger partial charge in [-0.15, -0.1) is 0 Å². The second-order valence-corrected chi connectivity index (χ2v) is 6.62. The number of hydrogen-bond donors (Lipinski definition) is 1. The number of aryl methyl sites for hydroxylation is 1. The fourth-order valence-corrected chi connectivity index (χ4v) is 4.15. The third-order valence-electron chi connectivity index (χ3n) is 3.47. The zero-order valence-corrected chi connectivity index (χ0v) is 11.7. The van der Waals surface area contributed by atoms with E-state index in [1.54, 1.807) is 18.3 Å². The molecule has 7 heteroatoms. The van der Waals surface area contributed by atoms with Crippen LogP contribution in [-0.4, -0.2) is 35.6 Å². The lowest BCUT2D eigenvalue weighted by Gasteiger charge is -2.19. The predicted octanol–water partition coefficient (Wildman–Crippen LogP) is 0.875. The van der Waals surface area contributed by atoms with Gasteiger partial charge in [0.1, 0.15) is 4.90 Å². The van der Waals surface area contributed by atoms with Crippen molar-refractivity contribution in [3.8, 4) is 0 Å². The Morgan fingerprint density at radius 2 is 1.72 bits per heavy atom. The zero-order valence-electron chi connectivity index (χ0n) is 10.9. The smallest absolute Gasteiger partial charge is 0.248 e. The molecule has 0 bridgehead atoms. The van der Waals surface area contributed by atoms with Crippen molar-refractivity contribution >= 4 is 15.8 Å². The number of aromatic nitrogens is 2. The average molecular weight is 272 g/mol. The van der Waals surface area contributed by atoms with E-state index in [1.807, 2.05) is 0 Å². The molecule has 2 N–H and O–H groups in total. The van der Waals surface area contributed by atoms with Gasteiger partial charge in [-0.3, -0.25) is 4.68 Å². The third-order valence-corrected chi connectivity index (χ3v) is 5.53. The summed E-state index contributed by atoms with van der Waals surface area (Å²) in [6, 6.07) is 0. The van der Waals surface area contributed by atoms with Crippen molar-refractivity contribution in [3.63, 3.8) is 0 Å². The lowest BCUT2D eigenvalue weighted by molar-refractivity contribution is 0.423. The molecule has 6 nitrogen and oxygen atoms in total. The highest BCUT2D eigenvalue weighted by atomic mass is 32.2. The molecule has 0 radical (unpaired) electrons. The quantitative estimate of drug-likeness (QED) is 0.866. The van der Waals surface area contributed by atoms with E-state index < -0.39 is 10.0 Å². The van der Waals surface area contributed by atoms with Crippen LogP contribution < -0.4 is 5.73 Å². The van der Waals surface area contributed by atoms with Gasteiger partial charge in [0, 0.05) is 20.1 Å². The van der Waals surface area contributed by atoms with E-state index in [0.717, 1.165) is 25.7 Å². The number of nitrogens with two attached hydrogens (primary N) is 1. The third kappa shape index (κ3) is 2.24. The van der Waals surface area contributed by atoms with Gasteiger partial charge in [0.2, 0.25) is 10.0 Å². The largest absolute Gasteiger partial charge is 0.381 e. The summed E-state index contributed by atoms with van der Waals surface area (Å²) in [6.07, 6.45) is 4.01. The minimum absolute atomic E-state index is 0.0965. The summed E-state index contributed by atoms with van der Waals surface area (Å²) in [5.41, 5.74) is 6.33. The molecule has 1 fully saturated rings. The highest BCUT2D eigenvalue weighted by Gasteiger charge is 2.31. The zero-order chi connectivity index (χ0) is 13.3. The summed E-state index contributed by atoms with van der Waals surface area (Å²) < 4.78 is 28.2. The summed E-state index contributed by atoms with van der Waals surface area (Å²) in [4.78, 5) is 0.173. The van der Waals surface area contributed by atoms with Gasteiger partial charge < -0.3 is 5.73 Å². The highest BCUT2D eigenvalue weighted by molar-refractivity contribution is 7.89. The van der Waals surface area contributed by atoms with Crippen molar-refractivity contribution in [3.05, 3.63) is 5.69 Å². The minimum atomic E-state index is -3.50. The molecule has 0 atom stereocenters. The van der Waals surface area contributed by atoms with Crippen molar-refractivity contribution in [2.75, 3.05) is 18.8 Å². The molecule has 0 aliphatic carbocycles. The maximum atomic E-state index is 12.6. The number of hydrogen-bond acceptors (Lipinski definition) is 4. The molecule has 1 aliphatic heterocycles. The van der Waals surface area contributed by atoms with Crippen LogP contribution in [0.3, 0.4) is 0 Å². The molecule has 0 amide bonds. The Labute approximate surface area is 108 Å². The maximum absolute atomic E-state index is 12.6. The number of nitrogen functional groups attached to an aromatic ring is 1. The first-order valence-electron chi connectivity index (χ1n) is 6.24. The van der Waals surface area contributed by atoms with E-state index >= 15 is 0 Å². The normalized spacial score (nSPS) is 18.8. The van der Waals surface area contributed by atoms with Gasteiger partial charge in [0.25, 0.3) is 0 Å². The fourth-order valence-electron chi connectivity index (χ4n) is 2.34. The number of anilines is 1. The van der Waals surface area contributed by atoms with Crippen LogP contribution in [0.25, 0.3) is 0 Å². The van der Waals surface area contributed by atoms with Crippen LogP contribution >= 0.6 is 0 Å². The van der Waals surface area contributed by atoms with Crippen LogP contribution in [0.4, 0.5) is 5.82 Å². The van der Waals surface area contributed by atoms with Crippen molar-refractivity contribution in [2.45, 2.75) is 37.5 Å². The van der Waals surface area contributed by atoms with Gasteiger partial charge in [-0.25, -0.2) is 8.42 Å². The first-order valence-corrected chi connectivity index (χ1v) is 7.68. The number of sulfonamides is 1. The van der Waals surface area contributed by atoms with Crippen molar-refractivity contribution in [1.29, 1.82) is 0 Å². The van der Waals surface area contributed by atoms with E-state index in [0.29, 0.717) is 18.8 Å². The fraction of sp³-hybridized carbons (Fsp3) is 0.727. The van der Waals surface area contributed by atoms with Gasteiger partial charge in [0.15, 0.2) is 5.82 Å². The maximum Gasteiger partial charge on any atom is 0.248 e. The molecule has 0 saturated carbocycles. The monoisotopic (exact) mass is 272 g/mol. The molecule has 102 valence electrons. The summed E-state index contributed by atoms with van der Waals surface area (Å²) in [7, 11) is -1.80. The van der Waals surface area contributed by atoms with Crippen LogP contribution in [0.2, 0.25) is 0 Å². The topological polar surface area (TPSA) is 81.2 Å². The highest BCUT2D eigenvalue weighted by Crippen LogP contribution is 2.26. The van der Waals surface area contributed by atoms with E-state index in [1.165, 1.54) is 4.68 Å². The van der Waals surface area contributed by atoms with Crippen molar-refractivity contribution in [1.82, 2.24) is 14.1 Å². The molecule has 0 unspecified atom stereocenters. The molecule has 0 spiro atoms. The molecule has 1 aliphatic rings. The SMILES string of the molecule is Cc1c(S(=O)(=O)N2CCCCCC2)c(N)nn1C. The molecule has 1 aromatic rings. The van der Waals surface area contributed by atoms with Gasteiger partial charge in [0.05, 0.1) is 5.69 Å². The first-order chi connectivity index (χ1) is 8.44. The van der Waals surface area contributed by atoms with E-state index in [-0.39, 0.29) is 10.7 Å². The lowest BCUT2D eigenvalue weighted by atomic mass is 10.2. The lowest BCUT2D eigenvalue weighted by Crippen LogP contribution is -2.32. The van der Waals surface area contributed by atoms with Crippen LogP contribution in [-0.2, 0) is 17.1 Å². The minimum Gasteiger partial charge on any atom is -0.381 e. The van der Waals surface area contributed by atoms with Crippen LogP contribution in [0.15, 0.2) is 4.90 Å². The molecule has 0 aromatic carbocycles. The molecular weight excluding hydrogens is 252 g/mol. The Hall–Kier alpha value is -1.08. The summed E-state index contributed by atoms with van der Waals surface area (Å²) in [6.45, 7) is 2.89. The van der Waals surface area contributed by atoms with Crippen LogP contribution in [0.5, 0.6) is 0 Å². The Bertz CT molecular complexity index is 527. The van der Waals surface area contributed by atoms with E-state index in [9.17, 15) is 8.42 Å². The summed E-state index contributed by atoms with van der Waals surface area (Å²) in [5.74, 6) is 0.0965. The second-order valence-electron chi connectivity index (χ2n) is 4.74. The first kappa shape index (κ1) is 13.4. The summed E-state index contributed by atoms with van der Waals surface area (Å²) in [5, 5.41) is 3.98. The van der Waals surface area contributed by atoms with Gasteiger partial charge in [-0.1, -0.05) is 12.8 Å². The Morgan fingerprint density at radius 3 is 2.17 bits per heavy atom. The molecule has 1 saturated heterocycles. The molecule has 2 heterocycles. The Balaban J connectivity index is 2.40.